The summed E-state index contributed by atoms with van der Waals surface area (Å²) in [7, 11) is 1.73. The average Bonchev–Trinajstić information content (AvgIpc) is 2.21. The maximum Gasteiger partial charge on any atom is 0.0645 e. The van der Waals surface area contributed by atoms with Gasteiger partial charge in [-0.25, -0.2) is 0 Å². The van der Waals surface area contributed by atoms with E-state index in [4.69, 9.17) is 9.47 Å². The van der Waals surface area contributed by atoms with Crippen LogP contribution in [0.4, 0.5) is 0 Å². The van der Waals surface area contributed by atoms with Crippen molar-refractivity contribution in [2.45, 2.75) is 52.7 Å². The Morgan fingerprint density at radius 3 is 2.31 bits per heavy atom. The highest BCUT2D eigenvalue weighted by Gasteiger charge is 2.11. The van der Waals surface area contributed by atoms with Crippen LogP contribution < -0.4 is 5.32 Å². The zero-order valence-corrected chi connectivity index (χ0v) is 11.6. The molecule has 0 amide bonds. The van der Waals surface area contributed by atoms with E-state index in [0.717, 1.165) is 26.0 Å². The van der Waals surface area contributed by atoms with Crippen molar-refractivity contribution in [1.29, 1.82) is 0 Å². The Hall–Kier alpha value is -0.120. The Bertz CT molecular complexity index is 151. The van der Waals surface area contributed by atoms with Gasteiger partial charge in [-0.05, 0) is 32.2 Å². The van der Waals surface area contributed by atoms with Crippen LogP contribution in [0.1, 0.15) is 40.5 Å². The molecule has 0 aromatic heterocycles. The summed E-state index contributed by atoms with van der Waals surface area (Å²) in [6.07, 6.45) is 2.60. The zero-order chi connectivity index (χ0) is 12.4. The Morgan fingerprint density at radius 2 is 1.81 bits per heavy atom. The zero-order valence-electron chi connectivity index (χ0n) is 11.6. The second-order valence-electron chi connectivity index (χ2n) is 4.88. The maximum absolute atomic E-state index is 5.82. The number of hydrogen-bond acceptors (Lipinski definition) is 3. The minimum atomic E-state index is 0.319. The van der Waals surface area contributed by atoms with E-state index < -0.39 is 0 Å². The molecule has 0 saturated heterocycles. The molecule has 3 heteroatoms. The third-order valence-corrected chi connectivity index (χ3v) is 2.44. The summed E-state index contributed by atoms with van der Waals surface area (Å²) in [4.78, 5) is 0. The fraction of sp³-hybridized carbons (Fsp3) is 1.00. The van der Waals surface area contributed by atoms with E-state index in [2.05, 4.69) is 33.0 Å². The van der Waals surface area contributed by atoms with Crippen molar-refractivity contribution >= 4 is 0 Å². The SMILES string of the molecule is CCCNC(COC)COC(C)CC(C)C. The van der Waals surface area contributed by atoms with Crippen LogP contribution in [0.5, 0.6) is 0 Å². The molecule has 0 aromatic rings. The van der Waals surface area contributed by atoms with E-state index in [1.54, 1.807) is 7.11 Å². The smallest absolute Gasteiger partial charge is 0.0645 e. The fourth-order valence-electron chi connectivity index (χ4n) is 1.73. The Kier molecular flexibility index (Phi) is 9.99. The van der Waals surface area contributed by atoms with E-state index in [1.165, 1.54) is 0 Å². The molecule has 0 bridgehead atoms. The third kappa shape index (κ3) is 9.13. The molecule has 0 aliphatic heterocycles. The summed E-state index contributed by atoms with van der Waals surface area (Å²) < 4.78 is 11.0. The predicted octanol–water partition coefficient (Wildman–Crippen LogP) is 2.45. The second kappa shape index (κ2) is 10.1. The molecular formula is C13H29NO2. The first-order valence-corrected chi connectivity index (χ1v) is 6.44. The van der Waals surface area contributed by atoms with E-state index in [-0.39, 0.29) is 0 Å². The van der Waals surface area contributed by atoms with Gasteiger partial charge < -0.3 is 14.8 Å². The molecule has 98 valence electrons. The number of ether oxygens (including phenoxy) is 2. The van der Waals surface area contributed by atoms with Gasteiger partial charge in [0.15, 0.2) is 0 Å². The highest BCUT2D eigenvalue weighted by atomic mass is 16.5. The van der Waals surface area contributed by atoms with Crippen molar-refractivity contribution in [3.63, 3.8) is 0 Å². The topological polar surface area (TPSA) is 30.5 Å². The van der Waals surface area contributed by atoms with Crippen LogP contribution in [-0.2, 0) is 9.47 Å². The minimum absolute atomic E-state index is 0.319. The first-order chi connectivity index (χ1) is 7.60. The third-order valence-electron chi connectivity index (χ3n) is 2.44. The number of rotatable bonds is 10. The molecule has 0 radical (unpaired) electrons. The Morgan fingerprint density at radius 1 is 1.12 bits per heavy atom. The van der Waals surface area contributed by atoms with Gasteiger partial charge in [0, 0.05) is 7.11 Å². The monoisotopic (exact) mass is 231 g/mol. The lowest BCUT2D eigenvalue weighted by atomic mass is 10.1. The lowest BCUT2D eigenvalue weighted by molar-refractivity contribution is 0.0208. The van der Waals surface area contributed by atoms with Gasteiger partial charge in [0.2, 0.25) is 0 Å². The lowest BCUT2D eigenvalue weighted by Crippen LogP contribution is -2.38. The van der Waals surface area contributed by atoms with Gasteiger partial charge >= 0.3 is 0 Å². The maximum atomic E-state index is 5.82. The molecule has 0 rings (SSSR count). The van der Waals surface area contributed by atoms with Crippen LogP contribution in [0.2, 0.25) is 0 Å². The van der Waals surface area contributed by atoms with Gasteiger partial charge in [0.1, 0.15) is 0 Å². The summed E-state index contributed by atoms with van der Waals surface area (Å²) in [6.45, 7) is 11.2. The van der Waals surface area contributed by atoms with Gasteiger partial charge in [-0.3, -0.25) is 0 Å². The van der Waals surface area contributed by atoms with Gasteiger partial charge in [-0.2, -0.15) is 0 Å². The molecule has 1 N–H and O–H groups in total. The summed E-state index contributed by atoms with van der Waals surface area (Å²) in [5.41, 5.74) is 0. The number of nitrogens with one attached hydrogen (secondary N) is 1. The van der Waals surface area contributed by atoms with Crippen molar-refractivity contribution in [2.75, 3.05) is 26.9 Å². The van der Waals surface area contributed by atoms with E-state index in [1.807, 2.05) is 0 Å². The summed E-state index contributed by atoms with van der Waals surface area (Å²) in [5, 5.41) is 3.43. The number of hydrogen-bond donors (Lipinski definition) is 1. The molecule has 0 spiro atoms. The van der Waals surface area contributed by atoms with E-state index >= 15 is 0 Å². The van der Waals surface area contributed by atoms with Crippen molar-refractivity contribution < 1.29 is 9.47 Å². The highest BCUT2D eigenvalue weighted by Crippen LogP contribution is 2.07. The first-order valence-electron chi connectivity index (χ1n) is 6.44. The van der Waals surface area contributed by atoms with Gasteiger partial charge in [-0.15, -0.1) is 0 Å². The highest BCUT2D eigenvalue weighted by molar-refractivity contribution is 4.66. The normalized spacial score (nSPS) is 15.4. The van der Waals surface area contributed by atoms with Crippen LogP contribution in [0.15, 0.2) is 0 Å². The number of methoxy groups -OCH3 is 1. The molecule has 2 unspecified atom stereocenters. The van der Waals surface area contributed by atoms with Crippen LogP contribution >= 0.6 is 0 Å². The van der Waals surface area contributed by atoms with Crippen molar-refractivity contribution in [3.05, 3.63) is 0 Å². The molecule has 0 aromatic carbocycles. The quantitative estimate of drug-likeness (QED) is 0.626. The van der Waals surface area contributed by atoms with E-state index in [0.29, 0.717) is 24.7 Å². The molecule has 0 heterocycles. The van der Waals surface area contributed by atoms with E-state index in [9.17, 15) is 0 Å². The molecule has 2 atom stereocenters. The molecule has 3 nitrogen and oxygen atoms in total. The molecular weight excluding hydrogens is 202 g/mol. The standard InChI is InChI=1S/C13H29NO2/c1-6-7-14-13(9-15-5)10-16-12(4)8-11(2)3/h11-14H,6-10H2,1-5H3. The molecule has 0 aliphatic carbocycles. The van der Waals surface area contributed by atoms with Crippen LogP contribution in [0.25, 0.3) is 0 Å². The summed E-state index contributed by atoms with van der Waals surface area (Å²) in [6, 6.07) is 0.319. The largest absolute Gasteiger partial charge is 0.383 e. The van der Waals surface area contributed by atoms with Crippen LogP contribution in [0, 0.1) is 5.92 Å². The van der Waals surface area contributed by atoms with Crippen molar-refractivity contribution in [1.82, 2.24) is 5.32 Å². The molecule has 0 fully saturated rings. The Labute approximate surface area is 101 Å². The summed E-state index contributed by atoms with van der Waals surface area (Å²) in [5.74, 6) is 0.694. The van der Waals surface area contributed by atoms with Crippen molar-refractivity contribution in [2.24, 2.45) is 5.92 Å². The predicted molar refractivity (Wildman–Crippen MR) is 68.8 cm³/mol. The van der Waals surface area contributed by atoms with Gasteiger partial charge in [0.05, 0.1) is 25.4 Å². The average molecular weight is 231 g/mol. The van der Waals surface area contributed by atoms with Gasteiger partial charge in [-0.1, -0.05) is 20.8 Å². The van der Waals surface area contributed by atoms with Gasteiger partial charge in [0.25, 0.3) is 0 Å². The molecule has 0 aliphatic rings. The fourth-order valence-corrected chi connectivity index (χ4v) is 1.73. The lowest BCUT2D eigenvalue weighted by Gasteiger charge is -2.21. The second-order valence-corrected chi connectivity index (χ2v) is 4.88. The summed E-state index contributed by atoms with van der Waals surface area (Å²) >= 11 is 0. The van der Waals surface area contributed by atoms with Crippen molar-refractivity contribution in [3.8, 4) is 0 Å². The molecule has 0 saturated carbocycles. The van der Waals surface area contributed by atoms with Crippen LogP contribution in [-0.4, -0.2) is 39.0 Å². The first kappa shape index (κ1) is 15.9. The minimum Gasteiger partial charge on any atom is -0.383 e. The Balaban J connectivity index is 3.72. The van der Waals surface area contributed by atoms with Crippen LogP contribution in [0.3, 0.4) is 0 Å². The molecule has 16 heavy (non-hydrogen) atoms.